The van der Waals surface area contributed by atoms with Gasteiger partial charge in [0.25, 0.3) is 0 Å². The highest BCUT2D eigenvalue weighted by Gasteiger charge is 2.22. The molecule has 0 spiro atoms. The molecule has 0 saturated carbocycles. The summed E-state index contributed by atoms with van der Waals surface area (Å²) in [4.78, 5) is 10.3. The quantitative estimate of drug-likeness (QED) is 0.503. The summed E-state index contributed by atoms with van der Waals surface area (Å²) in [5, 5.41) is 26.8. The molecule has 0 rings (SSSR count). The van der Waals surface area contributed by atoms with Crippen LogP contribution in [0.4, 0.5) is 0 Å². The minimum absolute atomic E-state index is 0.362. The average Bonchev–Trinajstić information content (AvgIpc) is 2.26. The van der Waals surface area contributed by atoms with Crippen LogP contribution in [0.1, 0.15) is 58.3 Å². The fraction of sp³-hybridized carbons (Fsp3) is 0.917. The van der Waals surface area contributed by atoms with Crippen LogP contribution in [0.5, 0.6) is 0 Å². The van der Waals surface area contributed by atoms with E-state index >= 15 is 0 Å². The number of unbranched alkanes of at least 4 members (excludes halogenated alkanes) is 6. The Kier molecular flexibility index (Phi) is 9.24. The van der Waals surface area contributed by atoms with Gasteiger partial charge in [0.2, 0.25) is 0 Å². The van der Waals surface area contributed by atoms with Gasteiger partial charge in [-0.1, -0.05) is 51.9 Å². The number of carbonyl (C=O) groups is 1. The van der Waals surface area contributed by atoms with E-state index in [9.17, 15) is 9.90 Å². The van der Waals surface area contributed by atoms with Crippen LogP contribution < -0.4 is 0 Å². The van der Waals surface area contributed by atoms with Gasteiger partial charge in [0.05, 0.1) is 6.10 Å². The minimum Gasteiger partial charge on any atom is -0.479 e. The molecule has 0 aliphatic rings. The molecular weight excluding hydrogens is 208 g/mol. The SMILES string of the molecule is CCCCCCCCCC(O)C(O)C(=O)O. The minimum atomic E-state index is -1.64. The molecule has 2 unspecified atom stereocenters. The molecule has 0 aliphatic heterocycles. The highest BCUT2D eigenvalue weighted by Crippen LogP contribution is 2.11. The Morgan fingerprint density at radius 3 is 2.00 bits per heavy atom. The second-order valence-corrected chi connectivity index (χ2v) is 4.26. The Hall–Kier alpha value is -0.610. The third-order valence-electron chi connectivity index (χ3n) is 2.72. The molecule has 0 aromatic rings. The number of rotatable bonds is 10. The maximum absolute atomic E-state index is 10.3. The van der Waals surface area contributed by atoms with Gasteiger partial charge in [-0.2, -0.15) is 0 Å². The van der Waals surface area contributed by atoms with E-state index in [1.54, 1.807) is 0 Å². The fourth-order valence-electron chi connectivity index (χ4n) is 1.63. The summed E-state index contributed by atoms with van der Waals surface area (Å²) >= 11 is 0. The zero-order chi connectivity index (χ0) is 12.4. The number of aliphatic hydroxyl groups is 2. The van der Waals surface area contributed by atoms with Crippen LogP contribution in [0.3, 0.4) is 0 Å². The lowest BCUT2D eigenvalue weighted by Gasteiger charge is -2.13. The van der Waals surface area contributed by atoms with Crippen LogP contribution in [-0.4, -0.2) is 33.5 Å². The molecule has 4 heteroatoms. The van der Waals surface area contributed by atoms with Crippen LogP contribution in [0, 0.1) is 0 Å². The van der Waals surface area contributed by atoms with E-state index in [4.69, 9.17) is 10.2 Å². The highest BCUT2D eigenvalue weighted by atomic mass is 16.4. The van der Waals surface area contributed by atoms with Crippen molar-refractivity contribution in [2.45, 2.75) is 70.5 Å². The Labute approximate surface area is 97.3 Å². The maximum atomic E-state index is 10.3. The third kappa shape index (κ3) is 7.65. The molecule has 96 valence electrons. The lowest BCUT2D eigenvalue weighted by atomic mass is 10.0. The Balaban J connectivity index is 3.34. The highest BCUT2D eigenvalue weighted by molar-refractivity contribution is 5.72. The molecular formula is C12H24O4. The van der Waals surface area contributed by atoms with Crippen molar-refractivity contribution in [2.24, 2.45) is 0 Å². The van der Waals surface area contributed by atoms with Crippen molar-refractivity contribution >= 4 is 5.97 Å². The summed E-state index contributed by atoms with van der Waals surface area (Å²) in [5.41, 5.74) is 0. The molecule has 16 heavy (non-hydrogen) atoms. The third-order valence-corrected chi connectivity index (χ3v) is 2.72. The van der Waals surface area contributed by atoms with Gasteiger partial charge < -0.3 is 15.3 Å². The summed E-state index contributed by atoms with van der Waals surface area (Å²) in [6, 6.07) is 0. The lowest BCUT2D eigenvalue weighted by molar-refractivity contribution is -0.153. The van der Waals surface area contributed by atoms with Gasteiger partial charge in [-0.15, -0.1) is 0 Å². The van der Waals surface area contributed by atoms with Gasteiger partial charge in [-0.3, -0.25) is 0 Å². The molecule has 0 saturated heterocycles. The summed E-state index contributed by atoms with van der Waals surface area (Å²) in [5.74, 6) is -1.35. The molecule has 0 aromatic carbocycles. The van der Waals surface area contributed by atoms with Gasteiger partial charge in [0.15, 0.2) is 6.10 Å². The van der Waals surface area contributed by atoms with Crippen LogP contribution >= 0.6 is 0 Å². The van der Waals surface area contributed by atoms with Crippen LogP contribution in [-0.2, 0) is 4.79 Å². The molecule has 0 radical (unpaired) electrons. The smallest absolute Gasteiger partial charge is 0.335 e. The van der Waals surface area contributed by atoms with E-state index in [0.29, 0.717) is 6.42 Å². The molecule has 4 nitrogen and oxygen atoms in total. The predicted octanol–water partition coefficient (Wildman–Crippen LogP) is 1.93. The van der Waals surface area contributed by atoms with E-state index in [1.165, 1.54) is 25.7 Å². The number of carboxylic acids is 1. The molecule has 0 aromatic heterocycles. The zero-order valence-corrected chi connectivity index (χ0v) is 10.1. The first-order valence-corrected chi connectivity index (χ1v) is 6.18. The first kappa shape index (κ1) is 15.4. The monoisotopic (exact) mass is 232 g/mol. The van der Waals surface area contributed by atoms with Gasteiger partial charge in [0, 0.05) is 0 Å². The standard InChI is InChI=1S/C12H24O4/c1-2-3-4-5-6-7-8-9-10(13)11(14)12(15)16/h10-11,13-14H,2-9H2,1H3,(H,15,16). The van der Waals surface area contributed by atoms with E-state index < -0.39 is 18.2 Å². The Bertz CT molecular complexity index is 182. The van der Waals surface area contributed by atoms with Crippen molar-refractivity contribution in [2.75, 3.05) is 0 Å². The Morgan fingerprint density at radius 1 is 1.00 bits per heavy atom. The summed E-state index contributed by atoms with van der Waals surface area (Å²) in [6.07, 6.45) is 5.42. The average molecular weight is 232 g/mol. The van der Waals surface area contributed by atoms with E-state index in [1.807, 2.05) is 0 Å². The van der Waals surface area contributed by atoms with Crippen LogP contribution in [0.25, 0.3) is 0 Å². The molecule has 2 atom stereocenters. The summed E-state index contributed by atoms with van der Waals surface area (Å²) in [6.45, 7) is 2.17. The van der Waals surface area contributed by atoms with Crippen molar-refractivity contribution in [1.82, 2.24) is 0 Å². The molecule has 0 amide bonds. The van der Waals surface area contributed by atoms with Crippen molar-refractivity contribution in [3.05, 3.63) is 0 Å². The number of aliphatic carboxylic acids is 1. The van der Waals surface area contributed by atoms with Crippen molar-refractivity contribution in [3.63, 3.8) is 0 Å². The van der Waals surface area contributed by atoms with E-state index in [2.05, 4.69) is 6.92 Å². The molecule has 0 aliphatic carbocycles. The van der Waals surface area contributed by atoms with E-state index in [-0.39, 0.29) is 0 Å². The largest absolute Gasteiger partial charge is 0.479 e. The maximum Gasteiger partial charge on any atom is 0.335 e. The second kappa shape index (κ2) is 9.60. The van der Waals surface area contributed by atoms with Crippen molar-refractivity contribution in [3.8, 4) is 0 Å². The first-order chi connectivity index (χ1) is 7.59. The second-order valence-electron chi connectivity index (χ2n) is 4.26. The van der Waals surface area contributed by atoms with Crippen molar-refractivity contribution < 1.29 is 20.1 Å². The van der Waals surface area contributed by atoms with Crippen LogP contribution in [0.15, 0.2) is 0 Å². The summed E-state index contributed by atoms with van der Waals surface area (Å²) in [7, 11) is 0. The van der Waals surface area contributed by atoms with Gasteiger partial charge >= 0.3 is 5.97 Å². The number of carboxylic acid groups (broad SMARTS) is 1. The zero-order valence-electron chi connectivity index (χ0n) is 10.1. The molecule has 0 heterocycles. The number of hydrogen-bond donors (Lipinski definition) is 3. The Morgan fingerprint density at radius 2 is 1.50 bits per heavy atom. The van der Waals surface area contributed by atoms with Crippen LogP contribution in [0.2, 0.25) is 0 Å². The molecule has 3 N–H and O–H groups in total. The van der Waals surface area contributed by atoms with Crippen molar-refractivity contribution in [1.29, 1.82) is 0 Å². The van der Waals surface area contributed by atoms with Gasteiger partial charge in [0.1, 0.15) is 0 Å². The number of hydrogen-bond acceptors (Lipinski definition) is 3. The summed E-state index contributed by atoms with van der Waals surface area (Å²) < 4.78 is 0. The fourth-order valence-corrected chi connectivity index (χ4v) is 1.63. The topological polar surface area (TPSA) is 77.8 Å². The van der Waals surface area contributed by atoms with Gasteiger partial charge in [-0.05, 0) is 6.42 Å². The normalized spacial score (nSPS) is 14.7. The van der Waals surface area contributed by atoms with E-state index in [0.717, 1.165) is 19.3 Å². The van der Waals surface area contributed by atoms with Gasteiger partial charge in [-0.25, -0.2) is 4.79 Å². The first-order valence-electron chi connectivity index (χ1n) is 6.18. The molecule has 0 fully saturated rings. The number of aliphatic hydroxyl groups excluding tert-OH is 2. The lowest BCUT2D eigenvalue weighted by Crippen LogP contribution is -2.33. The molecule has 0 bridgehead atoms. The predicted molar refractivity (Wildman–Crippen MR) is 62.3 cm³/mol.